The van der Waals surface area contributed by atoms with Crippen LogP contribution in [-0.4, -0.2) is 28.0 Å². The van der Waals surface area contributed by atoms with Crippen molar-refractivity contribution in [2.75, 3.05) is 12.4 Å². The molecule has 0 bridgehead atoms. The number of nitrogens with one attached hydrogen (secondary N) is 1. The number of nitrogens with zero attached hydrogens (tertiary/aromatic N) is 3. The van der Waals surface area contributed by atoms with Crippen molar-refractivity contribution in [1.82, 2.24) is 15.0 Å². The Morgan fingerprint density at radius 3 is 2.32 bits per heavy atom. The molecular weight excluding hydrogens is 416 g/mol. The standard InChI is InChI=1S/C23H19ClN4O3/c1-30-15-21-22(26-27-28(21)18-11-7-16(24)8-12-18)23(29)25-17-9-13-20(14-10-17)31-19-5-3-2-4-6-19/h2-14H,15H2,1H3,(H,25,29). The van der Waals surface area contributed by atoms with Gasteiger partial charge in [-0.1, -0.05) is 35.0 Å². The van der Waals surface area contributed by atoms with Crippen LogP contribution < -0.4 is 10.1 Å². The Hall–Kier alpha value is -3.68. The molecule has 1 amide bonds. The summed E-state index contributed by atoms with van der Waals surface area (Å²) in [5.41, 5.74) is 2.05. The zero-order valence-electron chi connectivity index (χ0n) is 16.7. The third kappa shape index (κ3) is 4.91. The van der Waals surface area contributed by atoms with Gasteiger partial charge in [0.2, 0.25) is 0 Å². The number of para-hydroxylation sites is 1. The summed E-state index contributed by atoms with van der Waals surface area (Å²) in [5, 5.41) is 11.6. The lowest BCUT2D eigenvalue weighted by atomic mass is 10.2. The molecule has 1 heterocycles. The summed E-state index contributed by atoms with van der Waals surface area (Å²) < 4.78 is 12.6. The molecule has 0 spiro atoms. The second-order valence-electron chi connectivity index (χ2n) is 6.60. The van der Waals surface area contributed by atoms with Gasteiger partial charge in [0.1, 0.15) is 17.2 Å². The average molecular weight is 435 g/mol. The van der Waals surface area contributed by atoms with E-state index in [1.165, 1.54) is 0 Å². The number of hydrogen-bond acceptors (Lipinski definition) is 5. The van der Waals surface area contributed by atoms with Crippen molar-refractivity contribution in [3.8, 4) is 17.2 Å². The minimum absolute atomic E-state index is 0.169. The molecule has 4 rings (SSSR count). The maximum atomic E-state index is 12.8. The minimum Gasteiger partial charge on any atom is -0.457 e. The molecule has 0 aliphatic heterocycles. The highest BCUT2D eigenvalue weighted by molar-refractivity contribution is 6.30. The second kappa shape index (κ2) is 9.42. The van der Waals surface area contributed by atoms with E-state index in [0.717, 1.165) is 11.4 Å². The fourth-order valence-corrected chi connectivity index (χ4v) is 3.08. The molecule has 0 radical (unpaired) electrons. The Kier molecular flexibility index (Phi) is 6.26. The van der Waals surface area contributed by atoms with Crippen molar-refractivity contribution in [1.29, 1.82) is 0 Å². The van der Waals surface area contributed by atoms with Crippen molar-refractivity contribution < 1.29 is 14.3 Å². The molecule has 3 aromatic carbocycles. The summed E-state index contributed by atoms with van der Waals surface area (Å²) in [6.45, 7) is 0.169. The molecule has 0 saturated carbocycles. The second-order valence-corrected chi connectivity index (χ2v) is 7.04. The van der Waals surface area contributed by atoms with Crippen LogP contribution in [0.25, 0.3) is 5.69 Å². The van der Waals surface area contributed by atoms with Crippen molar-refractivity contribution in [3.05, 3.63) is 95.3 Å². The highest BCUT2D eigenvalue weighted by Gasteiger charge is 2.21. The predicted molar refractivity (Wildman–Crippen MR) is 118 cm³/mol. The number of hydrogen-bond donors (Lipinski definition) is 1. The van der Waals surface area contributed by atoms with Crippen LogP contribution in [0.15, 0.2) is 78.9 Å². The van der Waals surface area contributed by atoms with E-state index in [1.54, 1.807) is 60.3 Å². The van der Waals surface area contributed by atoms with Crippen LogP contribution in [0.4, 0.5) is 5.69 Å². The lowest BCUT2D eigenvalue weighted by Gasteiger charge is -2.09. The van der Waals surface area contributed by atoms with Crippen molar-refractivity contribution in [2.45, 2.75) is 6.61 Å². The molecule has 156 valence electrons. The van der Waals surface area contributed by atoms with Gasteiger partial charge in [0.15, 0.2) is 5.69 Å². The van der Waals surface area contributed by atoms with Crippen LogP contribution >= 0.6 is 11.6 Å². The molecule has 0 atom stereocenters. The third-order valence-corrected chi connectivity index (χ3v) is 4.67. The van der Waals surface area contributed by atoms with E-state index in [2.05, 4.69) is 15.6 Å². The normalized spacial score (nSPS) is 10.6. The Labute approximate surface area is 184 Å². The van der Waals surface area contributed by atoms with Crippen molar-refractivity contribution in [2.24, 2.45) is 0 Å². The molecule has 0 aliphatic rings. The SMILES string of the molecule is COCc1c(C(=O)Nc2ccc(Oc3ccccc3)cc2)nnn1-c1ccc(Cl)cc1. The smallest absolute Gasteiger partial charge is 0.278 e. The molecule has 8 heteroatoms. The average Bonchev–Trinajstić information content (AvgIpc) is 3.20. The molecule has 1 N–H and O–H groups in total. The predicted octanol–water partition coefficient (Wildman–Crippen LogP) is 5.11. The van der Waals surface area contributed by atoms with Crippen LogP contribution in [0, 0.1) is 0 Å². The van der Waals surface area contributed by atoms with Gasteiger partial charge >= 0.3 is 0 Å². The monoisotopic (exact) mass is 434 g/mol. The van der Waals surface area contributed by atoms with E-state index < -0.39 is 0 Å². The Balaban J connectivity index is 1.51. The molecule has 1 aromatic heterocycles. The van der Waals surface area contributed by atoms with Gasteiger partial charge in [0.05, 0.1) is 12.3 Å². The number of rotatable bonds is 7. The van der Waals surface area contributed by atoms with Gasteiger partial charge in [-0.25, -0.2) is 4.68 Å². The fourth-order valence-electron chi connectivity index (χ4n) is 2.96. The van der Waals surface area contributed by atoms with Crippen LogP contribution in [0.1, 0.15) is 16.2 Å². The van der Waals surface area contributed by atoms with Crippen molar-refractivity contribution >= 4 is 23.2 Å². The number of amides is 1. The first-order valence-corrected chi connectivity index (χ1v) is 9.85. The van der Waals surface area contributed by atoms with Crippen molar-refractivity contribution in [3.63, 3.8) is 0 Å². The number of carbonyl (C=O) groups excluding carboxylic acids is 1. The van der Waals surface area contributed by atoms with Crippen LogP contribution in [0.2, 0.25) is 5.02 Å². The van der Waals surface area contributed by atoms with Crippen LogP contribution in [-0.2, 0) is 11.3 Å². The lowest BCUT2D eigenvalue weighted by Crippen LogP contribution is -2.16. The van der Waals surface area contributed by atoms with Gasteiger partial charge in [-0.2, -0.15) is 0 Å². The third-order valence-electron chi connectivity index (χ3n) is 4.42. The maximum absolute atomic E-state index is 12.8. The first kappa shape index (κ1) is 20.6. The lowest BCUT2D eigenvalue weighted by molar-refractivity contribution is 0.101. The highest BCUT2D eigenvalue weighted by atomic mass is 35.5. The topological polar surface area (TPSA) is 78.3 Å². The fraction of sp³-hybridized carbons (Fsp3) is 0.0870. The number of carbonyl (C=O) groups is 1. The molecule has 4 aromatic rings. The highest BCUT2D eigenvalue weighted by Crippen LogP contribution is 2.23. The number of methoxy groups -OCH3 is 1. The number of aromatic nitrogens is 3. The van der Waals surface area contributed by atoms with E-state index in [1.807, 2.05) is 30.3 Å². The Morgan fingerprint density at radius 1 is 0.968 bits per heavy atom. The van der Waals surface area contributed by atoms with Gasteiger partial charge in [0.25, 0.3) is 5.91 Å². The van der Waals surface area contributed by atoms with E-state index in [9.17, 15) is 4.79 Å². The van der Waals surface area contributed by atoms with Crippen LogP contribution in [0.5, 0.6) is 11.5 Å². The van der Waals surface area contributed by atoms with E-state index in [-0.39, 0.29) is 18.2 Å². The molecular formula is C23H19ClN4O3. The van der Waals surface area contributed by atoms with Gasteiger partial charge in [-0.3, -0.25) is 4.79 Å². The summed E-state index contributed by atoms with van der Waals surface area (Å²) in [6, 6.07) is 23.6. The molecule has 0 aliphatic carbocycles. The Morgan fingerprint density at radius 2 is 1.65 bits per heavy atom. The zero-order valence-corrected chi connectivity index (χ0v) is 17.4. The molecule has 31 heavy (non-hydrogen) atoms. The van der Waals surface area contributed by atoms with Gasteiger partial charge in [-0.15, -0.1) is 5.10 Å². The zero-order chi connectivity index (χ0) is 21.6. The molecule has 0 saturated heterocycles. The number of halogens is 1. The first-order valence-electron chi connectivity index (χ1n) is 9.48. The number of anilines is 1. The quantitative estimate of drug-likeness (QED) is 0.437. The Bertz CT molecular complexity index is 1160. The van der Waals surface area contributed by atoms with Gasteiger partial charge in [-0.05, 0) is 60.7 Å². The first-order chi connectivity index (χ1) is 15.1. The summed E-state index contributed by atoms with van der Waals surface area (Å²) in [7, 11) is 1.55. The summed E-state index contributed by atoms with van der Waals surface area (Å²) in [4.78, 5) is 12.8. The molecule has 7 nitrogen and oxygen atoms in total. The van der Waals surface area contributed by atoms with E-state index >= 15 is 0 Å². The maximum Gasteiger partial charge on any atom is 0.278 e. The van der Waals surface area contributed by atoms with E-state index in [4.69, 9.17) is 21.1 Å². The van der Waals surface area contributed by atoms with Gasteiger partial charge < -0.3 is 14.8 Å². The summed E-state index contributed by atoms with van der Waals surface area (Å²) >= 11 is 5.96. The van der Waals surface area contributed by atoms with Gasteiger partial charge in [0, 0.05) is 17.8 Å². The largest absolute Gasteiger partial charge is 0.457 e. The molecule has 0 unspecified atom stereocenters. The minimum atomic E-state index is -0.385. The number of benzene rings is 3. The number of ether oxygens (including phenoxy) is 2. The van der Waals surface area contributed by atoms with Crippen LogP contribution in [0.3, 0.4) is 0 Å². The summed E-state index contributed by atoms with van der Waals surface area (Å²) in [6.07, 6.45) is 0. The summed E-state index contributed by atoms with van der Waals surface area (Å²) in [5.74, 6) is 1.02. The van der Waals surface area contributed by atoms with E-state index in [0.29, 0.717) is 22.2 Å². The molecule has 0 fully saturated rings.